The van der Waals surface area contributed by atoms with Gasteiger partial charge in [-0.3, -0.25) is 4.68 Å². The molecule has 1 atom stereocenters. The molecule has 0 aliphatic heterocycles. The van der Waals surface area contributed by atoms with Gasteiger partial charge in [0.25, 0.3) is 0 Å². The van der Waals surface area contributed by atoms with Crippen LogP contribution >= 0.6 is 0 Å². The van der Waals surface area contributed by atoms with Gasteiger partial charge >= 0.3 is 18.9 Å². The van der Waals surface area contributed by atoms with Crippen LogP contribution in [-0.2, 0) is 9.47 Å². The number of ether oxygens (including phenoxy) is 2. The largest absolute Gasteiger partial charge is 1.00 e. The van der Waals surface area contributed by atoms with E-state index >= 15 is 0 Å². The molecule has 3 aromatic rings. The summed E-state index contributed by atoms with van der Waals surface area (Å²) in [5.41, 5.74) is 4.19. The Balaban J connectivity index is 0.00000243. The Morgan fingerprint density at radius 1 is 1.00 bits per heavy atom. The fourth-order valence-corrected chi connectivity index (χ4v) is 2.83. The smallest absolute Gasteiger partial charge is 0.384 e. The van der Waals surface area contributed by atoms with Gasteiger partial charge in [-0.15, -0.1) is 5.10 Å². The van der Waals surface area contributed by atoms with Crippen molar-refractivity contribution in [1.29, 1.82) is 0 Å². The third-order valence-electron chi connectivity index (χ3n) is 4.06. The zero-order valence-corrected chi connectivity index (χ0v) is 15.9. The summed E-state index contributed by atoms with van der Waals surface area (Å²) in [4.78, 5) is 0. The molecule has 0 aliphatic rings. The van der Waals surface area contributed by atoms with E-state index in [0.29, 0.717) is 13.2 Å². The molecule has 1 unspecified atom stereocenters. The van der Waals surface area contributed by atoms with Crippen LogP contribution in [0.5, 0.6) is 0 Å². The van der Waals surface area contributed by atoms with Crippen molar-refractivity contribution in [2.75, 3.05) is 13.2 Å². The summed E-state index contributed by atoms with van der Waals surface area (Å²) < 4.78 is 13.4. The van der Waals surface area contributed by atoms with Crippen molar-refractivity contribution in [3.63, 3.8) is 0 Å². The average molecular weight is 345 g/mol. The number of rotatable bonds is 8. The van der Waals surface area contributed by atoms with Crippen LogP contribution in [0.3, 0.4) is 0 Å². The summed E-state index contributed by atoms with van der Waals surface area (Å²) in [5, 5.41) is 8.69. The van der Waals surface area contributed by atoms with E-state index in [1.807, 2.05) is 49.2 Å². The van der Waals surface area contributed by atoms with E-state index in [1.165, 1.54) is 5.56 Å². The van der Waals surface area contributed by atoms with Gasteiger partial charge in [0, 0.05) is 19.5 Å². The van der Waals surface area contributed by atoms with Crippen molar-refractivity contribution >= 4 is 11.0 Å². The molecule has 0 amide bonds. The summed E-state index contributed by atoms with van der Waals surface area (Å²) in [5.74, 6) is 0. The zero-order valence-electron chi connectivity index (χ0n) is 15.9. The SMILES string of the molecule is CCOC([CH-]C(c1ccc(C)cc1)n1nnc2ccccc21)OCC.[Li+]. The van der Waals surface area contributed by atoms with E-state index in [-0.39, 0.29) is 24.9 Å². The molecule has 0 saturated carbocycles. The van der Waals surface area contributed by atoms with Gasteiger partial charge in [0.15, 0.2) is 0 Å². The normalized spacial score (nSPS) is 12.3. The van der Waals surface area contributed by atoms with Crippen LogP contribution in [0.15, 0.2) is 48.5 Å². The Labute approximate surface area is 166 Å². The Bertz CT molecular complexity index is 798. The van der Waals surface area contributed by atoms with E-state index in [4.69, 9.17) is 9.47 Å². The van der Waals surface area contributed by atoms with E-state index in [0.717, 1.165) is 16.6 Å². The molecule has 0 N–H and O–H groups in total. The van der Waals surface area contributed by atoms with E-state index in [9.17, 15) is 0 Å². The molecular weight excluding hydrogens is 321 g/mol. The van der Waals surface area contributed by atoms with E-state index in [1.54, 1.807) is 0 Å². The number of para-hydroxylation sites is 1. The fraction of sp³-hybridized carbons (Fsp3) is 0.350. The van der Waals surface area contributed by atoms with Crippen LogP contribution in [0.4, 0.5) is 0 Å². The topological polar surface area (TPSA) is 49.2 Å². The predicted molar refractivity (Wildman–Crippen MR) is 98.2 cm³/mol. The van der Waals surface area contributed by atoms with Crippen LogP contribution in [0, 0.1) is 13.3 Å². The maximum Gasteiger partial charge on any atom is 1.00 e. The molecular formula is C20H24LiN3O2. The number of hydrogen-bond acceptors (Lipinski definition) is 4. The second-order valence-electron chi connectivity index (χ2n) is 5.85. The van der Waals surface area contributed by atoms with Crippen molar-refractivity contribution in [2.24, 2.45) is 0 Å². The standard InChI is InChI=1S/C20H24N3O2.Li/c1-4-24-20(25-5-2)14-19(16-12-10-15(3)11-13-16)23-18-9-7-6-8-17(18)21-22-23;/h6-14,19-20H,4-5H2,1-3H3;/q-1;+1. The fourth-order valence-electron chi connectivity index (χ4n) is 2.83. The molecule has 0 bridgehead atoms. The van der Waals surface area contributed by atoms with Crippen LogP contribution < -0.4 is 18.9 Å². The first kappa shape index (κ1) is 20.7. The van der Waals surface area contributed by atoms with Crippen molar-refractivity contribution in [3.8, 4) is 0 Å². The summed E-state index contributed by atoms with van der Waals surface area (Å²) in [7, 11) is 0. The third-order valence-corrected chi connectivity index (χ3v) is 4.06. The molecule has 6 heteroatoms. The zero-order chi connectivity index (χ0) is 17.6. The quantitative estimate of drug-likeness (QED) is 0.346. The van der Waals surface area contributed by atoms with Gasteiger partial charge in [0.05, 0.1) is 5.52 Å². The summed E-state index contributed by atoms with van der Waals surface area (Å²) >= 11 is 0. The Kier molecular flexibility index (Phi) is 7.86. The second kappa shape index (κ2) is 9.89. The van der Waals surface area contributed by atoms with Crippen molar-refractivity contribution in [2.45, 2.75) is 33.1 Å². The van der Waals surface area contributed by atoms with Gasteiger partial charge < -0.3 is 9.47 Å². The first-order chi connectivity index (χ1) is 12.2. The first-order valence-corrected chi connectivity index (χ1v) is 8.67. The molecule has 132 valence electrons. The summed E-state index contributed by atoms with van der Waals surface area (Å²) in [6.45, 7) is 7.17. The van der Waals surface area contributed by atoms with Crippen LogP contribution in [-0.4, -0.2) is 34.5 Å². The van der Waals surface area contributed by atoms with E-state index in [2.05, 4.69) is 41.5 Å². The molecule has 2 aromatic carbocycles. The molecule has 0 spiro atoms. The van der Waals surface area contributed by atoms with Crippen LogP contribution in [0.25, 0.3) is 11.0 Å². The molecule has 1 aromatic heterocycles. The van der Waals surface area contributed by atoms with Crippen molar-refractivity contribution in [1.82, 2.24) is 15.0 Å². The molecule has 26 heavy (non-hydrogen) atoms. The number of nitrogens with zero attached hydrogens (tertiary/aromatic N) is 3. The molecule has 3 rings (SSSR count). The Morgan fingerprint density at radius 3 is 2.31 bits per heavy atom. The Hall–Kier alpha value is -1.64. The van der Waals surface area contributed by atoms with Gasteiger partial charge in [-0.1, -0.05) is 52.7 Å². The molecule has 0 aliphatic carbocycles. The minimum Gasteiger partial charge on any atom is -0.384 e. The van der Waals surface area contributed by atoms with Crippen molar-refractivity contribution in [3.05, 3.63) is 66.1 Å². The van der Waals surface area contributed by atoms with Crippen LogP contribution in [0.2, 0.25) is 0 Å². The molecule has 1 heterocycles. The first-order valence-electron chi connectivity index (χ1n) is 8.67. The maximum atomic E-state index is 5.73. The summed E-state index contributed by atoms with van der Waals surface area (Å²) in [6.07, 6.45) is 1.64. The monoisotopic (exact) mass is 345 g/mol. The number of benzene rings is 2. The molecule has 0 saturated heterocycles. The van der Waals surface area contributed by atoms with Gasteiger partial charge in [0.2, 0.25) is 0 Å². The third kappa shape index (κ3) is 4.75. The number of fused-ring (bicyclic) bond motifs is 1. The van der Waals surface area contributed by atoms with Gasteiger partial charge in [-0.05, 0) is 38.9 Å². The number of aryl methyl sites for hydroxylation is 1. The minimum atomic E-state index is -0.399. The van der Waals surface area contributed by atoms with E-state index < -0.39 is 6.29 Å². The Morgan fingerprint density at radius 2 is 1.65 bits per heavy atom. The molecule has 0 fully saturated rings. The van der Waals surface area contributed by atoms with Gasteiger partial charge in [-0.2, -0.15) is 0 Å². The maximum absolute atomic E-state index is 5.73. The second-order valence-corrected chi connectivity index (χ2v) is 5.85. The number of aromatic nitrogens is 3. The molecule has 5 nitrogen and oxygen atoms in total. The predicted octanol–water partition coefficient (Wildman–Crippen LogP) is 0.937. The summed E-state index contributed by atoms with van der Waals surface area (Å²) in [6, 6.07) is 16.3. The van der Waals surface area contributed by atoms with Gasteiger partial charge in [-0.25, -0.2) is 6.42 Å². The van der Waals surface area contributed by atoms with Crippen LogP contribution in [0.1, 0.15) is 31.0 Å². The minimum absolute atomic E-state index is 0. The molecule has 0 radical (unpaired) electrons. The number of hydrogen-bond donors (Lipinski definition) is 0. The van der Waals surface area contributed by atoms with Gasteiger partial charge in [0.1, 0.15) is 5.52 Å². The average Bonchev–Trinajstić information content (AvgIpc) is 3.05. The van der Waals surface area contributed by atoms with Crippen molar-refractivity contribution < 1.29 is 28.3 Å².